The van der Waals surface area contributed by atoms with Crippen molar-refractivity contribution < 1.29 is 9.18 Å². The van der Waals surface area contributed by atoms with Gasteiger partial charge in [0.05, 0.1) is 10.3 Å². The van der Waals surface area contributed by atoms with E-state index in [9.17, 15) is 9.18 Å². The number of nitrogens with zero attached hydrogens (tertiary/aromatic N) is 3. The fourth-order valence-corrected chi connectivity index (χ4v) is 3.89. The fraction of sp³-hybridized carbons (Fsp3) is 0.0909. The lowest BCUT2D eigenvalue weighted by molar-refractivity contribution is -0.115. The highest BCUT2D eigenvalue weighted by Crippen LogP contribution is 2.33. The minimum atomic E-state index is -0.433. The molecule has 0 aliphatic carbocycles. The lowest BCUT2D eigenvalue weighted by Gasteiger charge is -2.13. The second-order valence-corrected chi connectivity index (χ2v) is 8.28. The fourth-order valence-electron chi connectivity index (χ4n) is 2.89. The van der Waals surface area contributed by atoms with E-state index in [0.717, 1.165) is 16.3 Å². The highest BCUT2D eigenvalue weighted by molar-refractivity contribution is 8.00. The molecule has 5 nitrogen and oxygen atoms in total. The molecular weight excluding hydrogens is 423 g/mol. The number of amides is 1. The predicted octanol–water partition coefficient (Wildman–Crippen LogP) is 5.60. The molecule has 0 aliphatic heterocycles. The first kappa shape index (κ1) is 20.3. The van der Waals surface area contributed by atoms with Crippen molar-refractivity contribution in [2.24, 2.45) is 0 Å². The van der Waals surface area contributed by atoms with Gasteiger partial charge in [-0.25, -0.2) is 9.37 Å². The Morgan fingerprint density at radius 3 is 2.47 bits per heavy atom. The second-order valence-electron chi connectivity index (χ2n) is 6.52. The molecule has 2 heterocycles. The maximum Gasteiger partial charge on any atom is 0.238 e. The number of carbonyl (C=O) groups excluding carboxylic acids is 1. The zero-order valence-electron chi connectivity index (χ0n) is 15.8. The largest absolute Gasteiger partial charge is 0.310 e. The molecule has 1 atom stereocenters. The topological polar surface area (TPSA) is 67.8 Å². The van der Waals surface area contributed by atoms with Crippen molar-refractivity contribution in [1.29, 1.82) is 0 Å². The van der Waals surface area contributed by atoms with Gasteiger partial charge in [0.15, 0.2) is 0 Å². The van der Waals surface area contributed by atoms with Crippen LogP contribution in [0.1, 0.15) is 6.92 Å². The Balaban J connectivity index is 1.60. The number of aromatic nitrogens is 3. The average Bonchev–Trinajstić information content (AvgIpc) is 2.76. The Hall–Kier alpha value is -3.03. The van der Waals surface area contributed by atoms with E-state index >= 15 is 0 Å². The van der Waals surface area contributed by atoms with E-state index in [-0.39, 0.29) is 11.7 Å². The Morgan fingerprint density at radius 1 is 1.03 bits per heavy atom. The molecule has 0 spiro atoms. The standard InChI is InChI=1S/C22H16ClFN4OS/c1-13(21(29)26-19-11-8-15(23)12-25-19)30-22-18-5-3-2-4-17(18)20(27-28-22)14-6-9-16(24)10-7-14/h2-13H,1H3,(H,25,26,29)/t13-/m0/s1. The van der Waals surface area contributed by atoms with E-state index < -0.39 is 5.25 Å². The van der Waals surface area contributed by atoms with Crippen molar-refractivity contribution >= 4 is 45.9 Å². The van der Waals surface area contributed by atoms with Crippen LogP contribution in [0.2, 0.25) is 5.02 Å². The van der Waals surface area contributed by atoms with Gasteiger partial charge in [-0.15, -0.1) is 10.2 Å². The van der Waals surface area contributed by atoms with Gasteiger partial charge in [-0.3, -0.25) is 4.79 Å². The van der Waals surface area contributed by atoms with E-state index in [0.29, 0.717) is 21.6 Å². The van der Waals surface area contributed by atoms with E-state index in [1.165, 1.54) is 30.1 Å². The van der Waals surface area contributed by atoms with Crippen LogP contribution in [-0.4, -0.2) is 26.3 Å². The maximum atomic E-state index is 13.3. The summed E-state index contributed by atoms with van der Waals surface area (Å²) in [5.41, 5.74) is 1.44. The minimum absolute atomic E-state index is 0.205. The first-order chi connectivity index (χ1) is 14.5. The summed E-state index contributed by atoms with van der Waals surface area (Å²) in [5, 5.41) is 13.9. The molecule has 2 aromatic heterocycles. The number of carbonyl (C=O) groups is 1. The summed E-state index contributed by atoms with van der Waals surface area (Å²) in [5.74, 6) is -0.0824. The van der Waals surface area contributed by atoms with Crippen LogP contribution in [0.25, 0.3) is 22.0 Å². The van der Waals surface area contributed by atoms with Crippen molar-refractivity contribution in [3.8, 4) is 11.3 Å². The normalized spacial score (nSPS) is 12.0. The van der Waals surface area contributed by atoms with Crippen LogP contribution in [0.4, 0.5) is 10.2 Å². The molecule has 0 aliphatic rings. The molecule has 2 aromatic carbocycles. The molecule has 0 bridgehead atoms. The van der Waals surface area contributed by atoms with Crippen LogP contribution in [0, 0.1) is 5.82 Å². The molecule has 1 N–H and O–H groups in total. The predicted molar refractivity (Wildman–Crippen MR) is 118 cm³/mol. The molecule has 0 saturated carbocycles. The summed E-state index contributed by atoms with van der Waals surface area (Å²) in [6, 6.07) is 17.1. The third-order valence-corrected chi connectivity index (χ3v) is 5.72. The third-order valence-electron chi connectivity index (χ3n) is 4.41. The zero-order chi connectivity index (χ0) is 21.1. The smallest absolute Gasteiger partial charge is 0.238 e. The number of benzene rings is 2. The van der Waals surface area contributed by atoms with Gasteiger partial charge in [0.2, 0.25) is 5.91 Å². The summed E-state index contributed by atoms with van der Waals surface area (Å²) < 4.78 is 13.3. The molecule has 0 saturated heterocycles. The van der Waals surface area contributed by atoms with Gasteiger partial charge in [0, 0.05) is 22.5 Å². The Labute approximate surface area is 181 Å². The van der Waals surface area contributed by atoms with Crippen LogP contribution < -0.4 is 5.32 Å². The molecule has 4 aromatic rings. The van der Waals surface area contributed by atoms with Crippen LogP contribution in [0.15, 0.2) is 71.9 Å². The van der Waals surface area contributed by atoms with Gasteiger partial charge < -0.3 is 5.32 Å². The molecule has 0 unspecified atom stereocenters. The minimum Gasteiger partial charge on any atom is -0.310 e. The lowest BCUT2D eigenvalue weighted by atomic mass is 10.1. The lowest BCUT2D eigenvalue weighted by Crippen LogP contribution is -2.23. The van der Waals surface area contributed by atoms with Gasteiger partial charge in [-0.05, 0) is 43.3 Å². The van der Waals surface area contributed by atoms with Crippen molar-refractivity contribution in [1.82, 2.24) is 15.2 Å². The maximum absolute atomic E-state index is 13.3. The number of fused-ring (bicyclic) bond motifs is 1. The molecule has 8 heteroatoms. The summed E-state index contributed by atoms with van der Waals surface area (Å²) >= 11 is 7.14. The Bertz CT molecular complexity index is 1200. The highest BCUT2D eigenvalue weighted by Gasteiger charge is 2.19. The number of rotatable bonds is 5. The van der Waals surface area contributed by atoms with Crippen molar-refractivity contribution in [2.45, 2.75) is 17.2 Å². The number of hydrogen-bond acceptors (Lipinski definition) is 5. The molecule has 0 fully saturated rings. The van der Waals surface area contributed by atoms with Crippen molar-refractivity contribution in [3.63, 3.8) is 0 Å². The van der Waals surface area contributed by atoms with E-state index in [4.69, 9.17) is 11.6 Å². The molecular formula is C22H16ClFN4OS. The summed E-state index contributed by atoms with van der Waals surface area (Å²) in [7, 11) is 0. The van der Waals surface area contributed by atoms with Crippen molar-refractivity contribution in [3.05, 3.63) is 77.7 Å². The summed E-state index contributed by atoms with van der Waals surface area (Å²) in [6.07, 6.45) is 1.47. The van der Waals surface area contributed by atoms with Gasteiger partial charge in [0.25, 0.3) is 0 Å². The van der Waals surface area contributed by atoms with Crippen molar-refractivity contribution in [2.75, 3.05) is 5.32 Å². The number of pyridine rings is 1. The van der Waals surface area contributed by atoms with Gasteiger partial charge in [-0.2, -0.15) is 0 Å². The first-order valence-corrected chi connectivity index (χ1v) is 10.4. The summed E-state index contributed by atoms with van der Waals surface area (Å²) in [6.45, 7) is 1.79. The third kappa shape index (κ3) is 4.42. The number of anilines is 1. The van der Waals surface area contributed by atoms with E-state index in [1.54, 1.807) is 31.2 Å². The van der Waals surface area contributed by atoms with Gasteiger partial charge >= 0.3 is 0 Å². The number of hydrogen-bond donors (Lipinski definition) is 1. The zero-order valence-corrected chi connectivity index (χ0v) is 17.4. The van der Waals surface area contributed by atoms with Crippen LogP contribution in [-0.2, 0) is 4.79 Å². The molecule has 30 heavy (non-hydrogen) atoms. The average molecular weight is 439 g/mol. The van der Waals surface area contributed by atoms with E-state index in [1.807, 2.05) is 24.3 Å². The molecule has 150 valence electrons. The Kier molecular flexibility index (Phi) is 5.92. The molecule has 1 amide bonds. The van der Waals surface area contributed by atoms with Gasteiger partial charge in [-0.1, -0.05) is 47.6 Å². The van der Waals surface area contributed by atoms with Gasteiger partial charge in [0.1, 0.15) is 22.4 Å². The van der Waals surface area contributed by atoms with Crippen LogP contribution in [0.5, 0.6) is 0 Å². The second kappa shape index (κ2) is 8.77. The molecule has 0 radical (unpaired) electrons. The van der Waals surface area contributed by atoms with E-state index in [2.05, 4.69) is 20.5 Å². The highest BCUT2D eigenvalue weighted by atomic mass is 35.5. The monoisotopic (exact) mass is 438 g/mol. The SMILES string of the molecule is C[C@H](Sc1nnc(-c2ccc(F)cc2)c2ccccc12)C(=O)Nc1ccc(Cl)cn1. The quantitative estimate of drug-likeness (QED) is 0.410. The molecule has 4 rings (SSSR count). The van der Waals surface area contributed by atoms with Crippen LogP contribution >= 0.6 is 23.4 Å². The summed E-state index contributed by atoms with van der Waals surface area (Å²) in [4.78, 5) is 16.7. The Morgan fingerprint density at radius 2 is 1.77 bits per heavy atom. The first-order valence-electron chi connectivity index (χ1n) is 9.12. The number of nitrogens with one attached hydrogen (secondary N) is 1. The number of thioether (sulfide) groups is 1. The van der Waals surface area contributed by atoms with Crippen LogP contribution in [0.3, 0.4) is 0 Å². The number of halogens is 2.